The number of fused-ring (bicyclic) bond motifs is 1. The van der Waals surface area contributed by atoms with E-state index in [0.29, 0.717) is 12.6 Å². The molecule has 0 fully saturated rings. The van der Waals surface area contributed by atoms with Crippen LogP contribution >= 0.6 is 11.3 Å². The fourth-order valence-electron chi connectivity index (χ4n) is 2.21. The van der Waals surface area contributed by atoms with Gasteiger partial charge < -0.3 is 10.4 Å². The predicted molar refractivity (Wildman–Crippen MR) is 64.3 cm³/mol. The highest BCUT2D eigenvalue weighted by atomic mass is 32.1. The molecule has 1 heterocycles. The summed E-state index contributed by atoms with van der Waals surface area (Å²) in [6.45, 7) is 1.34. The number of thiophene rings is 1. The summed E-state index contributed by atoms with van der Waals surface area (Å²) in [6, 6.07) is 2.83. The smallest absolute Gasteiger partial charge is 0.0431 e. The topological polar surface area (TPSA) is 32.3 Å². The van der Waals surface area contributed by atoms with Crippen molar-refractivity contribution in [2.75, 3.05) is 13.2 Å². The van der Waals surface area contributed by atoms with Crippen molar-refractivity contribution in [1.82, 2.24) is 5.32 Å². The molecule has 1 aromatic rings. The van der Waals surface area contributed by atoms with Crippen LogP contribution in [0, 0.1) is 0 Å². The molecule has 0 spiro atoms. The van der Waals surface area contributed by atoms with Gasteiger partial charge >= 0.3 is 0 Å². The van der Waals surface area contributed by atoms with Gasteiger partial charge in [0.05, 0.1) is 0 Å². The first-order chi connectivity index (χ1) is 7.42. The highest BCUT2D eigenvalue weighted by molar-refractivity contribution is 7.10. The maximum Gasteiger partial charge on any atom is 0.0431 e. The third-order valence-electron chi connectivity index (χ3n) is 3.03. The monoisotopic (exact) mass is 225 g/mol. The maximum absolute atomic E-state index is 8.70. The molecule has 1 unspecified atom stereocenters. The van der Waals surface area contributed by atoms with E-state index in [0.717, 1.165) is 19.4 Å². The van der Waals surface area contributed by atoms with E-state index in [2.05, 4.69) is 16.8 Å². The van der Waals surface area contributed by atoms with Crippen LogP contribution in [0.1, 0.15) is 42.2 Å². The normalized spacial score (nSPS) is 20.2. The van der Waals surface area contributed by atoms with Crippen LogP contribution in [-0.2, 0) is 6.42 Å². The van der Waals surface area contributed by atoms with E-state index in [1.807, 2.05) is 11.3 Å². The fraction of sp³-hybridized carbons (Fsp3) is 0.667. The summed E-state index contributed by atoms with van der Waals surface area (Å²) in [5.74, 6) is 0. The lowest BCUT2D eigenvalue weighted by molar-refractivity contribution is 0.282. The van der Waals surface area contributed by atoms with Gasteiger partial charge in [-0.15, -0.1) is 11.3 Å². The van der Waals surface area contributed by atoms with E-state index in [9.17, 15) is 0 Å². The molecule has 0 aromatic carbocycles. The summed E-state index contributed by atoms with van der Waals surface area (Å²) in [7, 11) is 0. The molecule has 2 rings (SSSR count). The fourth-order valence-corrected chi connectivity index (χ4v) is 3.20. The van der Waals surface area contributed by atoms with E-state index in [-0.39, 0.29) is 0 Å². The molecule has 1 aliphatic rings. The van der Waals surface area contributed by atoms with Crippen molar-refractivity contribution in [3.05, 3.63) is 21.9 Å². The summed E-state index contributed by atoms with van der Waals surface area (Å²) in [6.07, 6.45) is 5.83. The number of hydrogen-bond acceptors (Lipinski definition) is 3. The van der Waals surface area contributed by atoms with Crippen LogP contribution in [0.25, 0.3) is 0 Å². The van der Waals surface area contributed by atoms with Gasteiger partial charge in [-0.05, 0) is 55.7 Å². The molecule has 0 radical (unpaired) electrons. The first kappa shape index (κ1) is 11.1. The van der Waals surface area contributed by atoms with Crippen LogP contribution < -0.4 is 5.32 Å². The number of unbranched alkanes of at least 4 members (excludes halogenated alkanes) is 1. The van der Waals surface area contributed by atoms with Gasteiger partial charge in [0.2, 0.25) is 0 Å². The minimum Gasteiger partial charge on any atom is -0.396 e. The second kappa shape index (κ2) is 5.64. The highest BCUT2D eigenvalue weighted by Crippen LogP contribution is 2.33. The Morgan fingerprint density at radius 2 is 2.40 bits per heavy atom. The molecule has 0 saturated carbocycles. The molecular formula is C12H19NOS. The predicted octanol–water partition coefficient (Wildman–Crippen LogP) is 2.49. The van der Waals surface area contributed by atoms with Gasteiger partial charge in [-0.1, -0.05) is 0 Å². The third kappa shape index (κ3) is 2.80. The van der Waals surface area contributed by atoms with Crippen LogP contribution in [0.2, 0.25) is 0 Å². The lowest BCUT2D eigenvalue weighted by atomic mass is 9.94. The molecule has 1 aliphatic carbocycles. The van der Waals surface area contributed by atoms with Crippen molar-refractivity contribution >= 4 is 11.3 Å². The highest BCUT2D eigenvalue weighted by Gasteiger charge is 2.19. The Bertz CT molecular complexity index is 298. The molecule has 3 heteroatoms. The van der Waals surface area contributed by atoms with Gasteiger partial charge in [0.15, 0.2) is 0 Å². The SMILES string of the molecule is OCCCCNC1CCCc2sccc21. The minimum absolute atomic E-state index is 0.316. The van der Waals surface area contributed by atoms with Crippen LogP contribution in [0.4, 0.5) is 0 Å². The second-order valence-corrected chi connectivity index (χ2v) is 5.13. The van der Waals surface area contributed by atoms with Crippen LogP contribution in [-0.4, -0.2) is 18.3 Å². The molecule has 15 heavy (non-hydrogen) atoms. The van der Waals surface area contributed by atoms with Crippen molar-refractivity contribution < 1.29 is 5.11 Å². The molecule has 84 valence electrons. The van der Waals surface area contributed by atoms with Crippen molar-refractivity contribution in [3.8, 4) is 0 Å². The number of aliphatic hydroxyl groups is 1. The lowest BCUT2D eigenvalue weighted by Crippen LogP contribution is -2.25. The van der Waals surface area contributed by atoms with E-state index in [1.54, 1.807) is 4.88 Å². The zero-order chi connectivity index (χ0) is 10.5. The summed E-state index contributed by atoms with van der Waals surface area (Å²) >= 11 is 1.89. The number of aliphatic hydroxyl groups excluding tert-OH is 1. The first-order valence-electron chi connectivity index (χ1n) is 5.82. The molecular weight excluding hydrogens is 206 g/mol. The van der Waals surface area contributed by atoms with Crippen molar-refractivity contribution in [1.29, 1.82) is 0 Å². The van der Waals surface area contributed by atoms with Gasteiger partial charge in [-0.25, -0.2) is 0 Å². The Balaban J connectivity index is 1.84. The Kier molecular flexibility index (Phi) is 4.18. The first-order valence-corrected chi connectivity index (χ1v) is 6.70. The van der Waals surface area contributed by atoms with Crippen LogP contribution in [0.5, 0.6) is 0 Å². The number of aryl methyl sites for hydroxylation is 1. The molecule has 2 nitrogen and oxygen atoms in total. The quantitative estimate of drug-likeness (QED) is 0.755. The average molecular weight is 225 g/mol. The molecule has 2 N–H and O–H groups in total. The summed E-state index contributed by atoms with van der Waals surface area (Å²) < 4.78 is 0. The molecule has 1 atom stereocenters. The van der Waals surface area contributed by atoms with Gasteiger partial charge in [0.1, 0.15) is 0 Å². The Morgan fingerprint density at radius 1 is 1.47 bits per heavy atom. The van der Waals surface area contributed by atoms with Crippen LogP contribution in [0.15, 0.2) is 11.4 Å². The van der Waals surface area contributed by atoms with Gasteiger partial charge in [-0.2, -0.15) is 0 Å². The Morgan fingerprint density at radius 3 is 3.27 bits per heavy atom. The molecule has 0 amide bonds. The Labute approximate surface area is 95.3 Å². The lowest BCUT2D eigenvalue weighted by Gasteiger charge is -2.23. The van der Waals surface area contributed by atoms with E-state index in [1.165, 1.54) is 24.8 Å². The molecule has 0 saturated heterocycles. The van der Waals surface area contributed by atoms with E-state index < -0.39 is 0 Å². The van der Waals surface area contributed by atoms with Crippen LogP contribution in [0.3, 0.4) is 0 Å². The summed E-state index contributed by atoms with van der Waals surface area (Å²) in [4.78, 5) is 1.57. The average Bonchev–Trinajstić information content (AvgIpc) is 2.73. The molecule has 0 bridgehead atoms. The molecule has 0 aliphatic heterocycles. The molecule has 1 aromatic heterocycles. The largest absolute Gasteiger partial charge is 0.396 e. The van der Waals surface area contributed by atoms with Gasteiger partial charge in [0, 0.05) is 17.5 Å². The Hall–Kier alpha value is -0.380. The minimum atomic E-state index is 0.316. The standard InChI is InChI=1S/C12H19NOS/c14-8-2-1-7-13-11-4-3-5-12-10(11)6-9-15-12/h6,9,11,13-14H,1-5,7-8H2. The number of hydrogen-bond donors (Lipinski definition) is 2. The van der Waals surface area contributed by atoms with Crippen molar-refractivity contribution in [3.63, 3.8) is 0 Å². The third-order valence-corrected chi connectivity index (χ3v) is 4.02. The summed E-state index contributed by atoms with van der Waals surface area (Å²) in [5.41, 5.74) is 1.52. The summed E-state index contributed by atoms with van der Waals surface area (Å²) in [5, 5.41) is 14.5. The van der Waals surface area contributed by atoms with Crippen molar-refractivity contribution in [2.45, 2.75) is 38.1 Å². The zero-order valence-electron chi connectivity index (χ0n) is 9.04. The number of nitrogens with one attached hydrogen (secondary N) is 1. The van der Waals surface area contributed by atoms with Gasteiger partial charge in [0.25, 0.3) is 0 Å². The maximum atomic E-state index is 8.70. The number of rotatable bonds is 5. The van der Waals surface area contributed by atoms with E-state index >= 15 is 0 Å². The van der Waals surface area contributed by atoms with Crippen molar-refractivity contribution in [2.24, 2.45) is 0 Å². The second-order valence-electron chi connectivity index (χ2n) is 4.13. The zero-order valence-corrected chi connectivity index (χ0v) is 9.85. The van der Waals surface area contributed by atoms with Gasteiger partial charge in [-0.3, -0.25) is 0 Å². The van der Waals surface area contributed by atoms with E-state index in [4.69, 9.17) is 5.11 Å².